The van der Waals surface area contributed by atoms with E-state index < -0.39 is 0 Å². The number of fused-ring (bicyclic) bond motifs is 16. The van der Waals surface area contributed by atoms with Gasteiger partial charge in [-0.15, -0.1) is 0 Å². The van der Waals surface area contributed by atoms with Gasteiger partial charge in [0.05, 0.1) is 61.4 Å². The molecule has 8 nitrogen and oxygen atoms in total. The van der Waals surface area contributed by atoms with E-state index in [1.807, 2.05) is 84.9 Å². The van der Waals surface area contributed by atoms with Gasteiger partial charge in [-0.1, -0.05) is 346 Å². The molecule has 0 saturated carbocycles. The van der Waals surface area contributed by atoms with Crippen LogP contribution in [0, 0.1) is 0 Å². The quantitative estimate of drug-likeness (QED) is 0.118. The van der Waals surface area contributed by atoms with Crippen molar-refractivity contribution in [2.75, 3.05) is 0 Å². The maximum absolute atomic E-state index is 6.83. The first-order chi connectivity index (χ1) is 57.5. The molecule has 540 valence electrons. The molecule has 0 saturated heterocycles. The smallest absolute Gasteiger partial charge is 0.160 e. The molecule has 0 radical (unpaired) electrons. The third kappa shape index (κ3) is 11.9. The molecular weight excluding hydrogens is 1410 g/mol. The van der Waals surface area contributed by atoms with Gasteiger partial charge in [0, 0.05) is 60.7 Å². The Bertz CT molecular complexity index is 7720. The Morgan fingerprint density at radius 2 is 0.526 bits per heavy atom. The molecule has 0 aliphatic carbocycles. The lowest BCUT2D eigenvalue weighted by Gasteiger charge is -2.14. The standard InChI is InChI=1S/C57H35N3O.C51H31N3O/c1-3-13-36(14-4-1)37-23-29-41(30-24-37)57-59-51(38-15-5-2-6-16-38)35-52(60-57)39-25-27-40(28-26-39)55-54-47-21-11-12-22-53(47)61-56(54)49-34-43(31-32-50(49)58-55)48-33-42-17-7-8-18-44(42)45-19-9-10-20-46(45)48;1-3-14-32(15-4-1)44-31-45(33-16-5-2-6-17-33)54-51(53-44)35-28-26-34(27-29-35)49-48-41-22-11-12-25-46(41)55-50(48)47-40(23-13-24-43(47)52-49)42-30-36-18-7-8-19-37(36)38-20-9-10-21-39(38)42/h1-35H;1-31H. The van der Waals surface area contributed by atoms with Crippen molar-refractivity contribution in [3.05, 3.63) is 400 Å². The Kier molecular flexibility index (Phi) is 16.4. The Balaban J connectivity index is 0.000000141. The van der Waals surface area contributed by atoms with Gasteiger partial charge >= 0.3 is 0 Å². The van der Waals surface area contributed by atoms with Crippen molar-refractivity contribution in [3.8, 4) is 124 Å². The van der Waals surface area contributed by atoms with Crippen LogP contribution in [0.2, 0.25) is 0 Å². The molecule has 6 aromatic heterocycles. The molecule has 0 amide bonds. The Labute approximate surface area is 667 Å². The fourth-order valence-corrected chi connectivity index (χ4v) is 16.9. The predicted octanol–water partition coefficient (Wildman–Crippen LogP) is 28.8. The minimum Gasteiger partial charge on any atom is -0.455 e. The number of rotatable bonds is 11. The highest BCUT2D eigenvalue weighted by Crippen LogP contribution is 2.48. The topological polar surface area (TPSA) is 104 Å². The largest absolute Gasteiger partial charge is 0.455 e. The van der Waals surface area contributed by atoms with Gasteiger partial charge in [-0.05, 0) is 131 Å². The van der Waals surface area contributed by atoms with E-state index in [-0.39, 0.29) is 0 Å². The van der Waals surface area contributed by atoms with Crippen LogP contribution in [0.25, 0.3) is 232 Å². The maximum Gasteiger partial charge on any atom is 0.160 e. The zero-order valence-electron chi connectivity index (χ0n) is 62.6. The van der Waals surface area contributed by atoms with E-state index in [4.69, 9.17) is 38.7 Å². The van der Waals surface area contributed by atoms with Crippen LogP contribution in [-0.4, -0.2) is 29.9 Å². The van der Waals surface area contributed by atoms with E-state index in [2.05, 4.69) is 315 Å². The van der Waals surface area contributed by atoms with Crippen LogP contribution in [0.3, 0.4) is 0 Å². The SMILES string of the molecule is c1ccc(-c2cc(-c3ccccc3)nc(-c3ccc(-c4nc5cccc(-c6cc7ccccc7c7ccccc67)c5c5oc6ccccc6c45)cc3)n2)cc1.c1ccc(-c2ccc(-c3nc(-c4ccccc4)cc(-c4ccc(-c5nc6ccc(-c7cc8ccccc8c8ccccc78)cc6c6oc7ccccc7c56)cc4)n3)cc2)cc1. The Hall–Kier alpha value is -15.6. The molecule has 6 heterocycles. The molecule has 0 spiro atoms. The minimum atomic E-state index is 0.671. The summed E-state index contributed by atoms with van der Waals surface area (Å²) in [6.07, 6.45) is 0. The van der Waals surface area contributed by atoms with Gasteiger partial charge in [-0.3, -0.25) is 0 Å². The minimum absolute atomic E-state index is 0.671. The molecule has 17 aromatic carbocycles. The van der Waals surface area contributed by atoms with Crippen molar-refractivity contribution in [2.24, 2.45) is 0 Å². The molecule has 0 bridgehead atoms. The number of hydrogen-bond acceptors (Lipinski definition) is 8. The van der Waals surface area contributed by atoms with Gasteiger partial charge in [0.2, 0.25) is 0 Å². The van der Waals surface area contributed by atoms with Crippen molar-refractivity contribution in [1.29, 1.82) is 0 Å². The van der Waals surface area contributed by atoms with Gasteiger partial charge in [-0.25, -0.2) is 29.9 Å². The zero-order chi connectivity index (χ0) is 76.6. The molecule has 8 heteroatoms. The van der Waals surface area contributed by atoms with Crippen molar-refractivity contribution in [3.63, 3.8) is 0 Å². The monoisotopic (exact) mass is 1480 g/mol. The summed E-state index contributed by atoms with van der Waals surface area (Å²) in [6.45, 7) is 0. The zero-order valence-corrected chi connectivity index (χ0v) is 62.6. The average Bonchev–Trinajstić information content (AvgIpc) is 1.41. The highest BCUT2D eigenvalue weighted by Gasteiger charge is 2.25. The van der Waals surface area contributed by atoms with Crippen molar-refractivity contribution in [1.82, 2.24) is 29.9 Å². The van der Waals surface area contributed by atoms with Crippen LogP contribution >= 0.6 is 0 Å². The summed E-state index contributed by atoms with van der Waals surface area (Å²) >= 11 is 0. The van der Waals surface area contributed by atoms with Crippen LogP contribution in [0.5, 0.6) is 0 Å². The predicted molar refractivity (Wildman–Crippen MR) is 479 cm³/mol. The number of nitrogens with zero attached hydrogens (tertiary/aromatic N) is 6. The van der Waals surface area contributed by atoms with Crippen LogP contribution in [0.15, 0.2) is 409 Å². The summed E-state index contributed by atoms with van der Waals surface area (Å²) in [5.41, 5.74) is 25.3. The van der Waals surface area contributed by atoms with E-state index in [1.165, 1.54) is 54.2 Å². The Morgan fingerprint density at radius 3 is 1.03 bits per heavy atom. The van der Waals surface area contributed by atoms with E-state index in [9.17, 15) is 0 Å². The first kappa shape index (κ1) is 67.3. The van der Waals surface area contributed by atoms with Crippen LogP contribution in [0.1, 0.15) is 0 Å². The third-order valence-electron chi connectivity index (χ3n) is 22.6. The van der Waals surface area contributed by atoms with E-state index in [1.54, 1.807) is 0 Å². The van der Waals surface area contributed by atoms with E-state index >= 15 is 0 Å². The fourth-order valence-electron chi connectivity index (χ4n) is 16.9. The number of hydrogen-bond donors (Lipinski definition) is 0. The number of aromatic nitrogens is 6. The van der Waals surface area contributed by atoms with Gasteiger partial charge in [0.1, 0.15) is 22.3 Å². The molecule has 0 aliphatic heterocycles. The number of furan rings is 2. The first-order valence-electron chi connectivity index (χ1n) is 39.1. The molecule has 23 aromatic rings. The second-order valence-corrected chi connectivity index (χ2v) is 29.5. The summed E-state index contributed by atoms with van der Waals surface area (Å²) in [6, 6.07) is 140. The average molecular weight is 1480 g/mol. The first-order valence-corrected chi connectivity index (χ1v) is 39.1. The number of para-hydroxylation sites is 2. The summed E-state index contributed by atoms with van der Waals surface area (Å²) < 4.78 is 13.6. The lowest BCUT2D eigenvalue weighted by atomic mass is 9.90. The lowest BCUT2D eigenvalue weighted by Crippen LogP contribution is -1.96. The highest BCUT2D eigenvalue weighted by atomic mass is 16.3. The molecular formula is C108H66N6O2. The maximum atomic E-state index is 6.83. The van der Waals surface area contributed by atoms with Gasteiger partial charge in [0.15, 0.2) is 11.6 Å². The number of pyridine rings is 2. The Morgan fingerprint density at radius 1 is 0.172 bits per heavy atom. The second kappa shape index (κ2) is 28.3. The van der Waals surface area contributed by atoms with E-state index in [0.717, 1.165) is 167 Å². The summed E-state index contributed by atoms with van der Waals surface area (Å²) in [7, 11) is 0. The highest BCUT2D eigenvalue weighted by molar-refractivity contribution is 6.25. The third-order valence-corrected chi connectivity index (χ3v) is 22.6. The molecule has 0 fully saturated rings. The summed E-state index contributed by atoms with van der Waals surface area (Å²) in [4.78, 5) is 31.2. The molecule has 23 rings (SSSR count). The number of benzene rings is 17. The summed E-state index contributed by atoms with van der Waals surface area (Å²) in [5, 5.41) is 15.9. The molecule has 116 heavy (non-hydrogen) atoms. The van der Waals surface area contributed by atoms with Crippen molar-refractivity contribution in [2.45, 2.75) is 0 Å². The molecule has 0 atom stereocenters. The van der Waals surface area contributed by atoms with Crippen LogP contribution < -0.4 is 0 Å². The van der Waals surface area contributed by atoms with Gasteiger partial charge < -0.3 is 8.83 Å². The molecule has 0 aliphatic rings. The fraction of sp³-hybridized carbons (Fsp3) is 0. The van der Waals surface area contributed by atoms with Gasteiger partial charge in [0.25, 0.3) is 0 Å². The second-order valence-electron chi connectivity index (χ2n) is 29.5. The van der Waals surface area contributed by atoms with E-state index in [0.29, 0.717) is 11.6 Å². The van der Waals surface area contributed by atoms with Crippen LogP contribution in [0.4, 0.5) is 0 Å². The summed E-state index contributed by atoms with van der Waals surface area (Å²) in [5.74, 6) is 1.35. The van der Waals surface area contributed by atoms with Gasteiger partial charge in [-0.2, -0.15) is 0 Å². The van der Waals surface area contributed by atoms with Crippen molar-refractivity contribution < 1.29 is 8.83 Å². The molecule has 0 unspecified atom stereocenters. The van der Waals surface area contributed by atoms with Crippen molar-refractivity contribution >= 4 is 109 Å². The lowest BCUT2D eigenvalue weighted by molar-refractivity contribution is 0.672. The normalized spacial score (nSPS) is 11.6. The van der Waals surface area contributed by atoms with Crippen LogP contribution in [-0.2, 0) is 0 Å². The molecule has 0 N–H and O–H groups in total.